The fourth-order valence-corrected chi connectivity index (χ4v) is 1.49. The topological polar surface area (TPSA) is 62.0 Å². The summed E-state index contributed by atoms with van der Waals surface area (Å²) in [6.07, 6.45) is 0. The Morgan fingerprint density at radius 2 is 1.67 bits per heavy atom. The minimum atomic E-state index is -0.0461. The number of hydrogen-bond donors (Lipinski definition) is 1. The predicted molar refractivity (Wildman–Crippen MR) is 68.7 cm³/mol. The highest BCUT2D eigenvalue weighted by molar-refractivity contribution is 5.98. The van der Waals surface area contributed by atoms with Gasteiger partial charge < -0.3 is 5.11 Å². The molecule has 0 aliphatic heterocycles. The van der Waals surface area contributed by atoms with Crippen molar-refractivity contribution in [1.29, 1.82) is 0 Å². The van der Waals surface area contributed by atoms with E-state index in [1.165, 1.54) is 19.1 Å². The maximum atomic E-state index is 11.4. The number of azo groups is 1. The molecule has 2 rings (SSSR count). The molecule has 0 radical (unpaired) electrons. The van der Waals surface area contributed by atoms with E-state index >= 15 is 0 Å². The molecule has 0 aliphatic carbocycles. The van der Waals surface area contributed by atoms with Crippen molar-refractivity contribution >= 4 is 17.2 Å². The summed E-state index contributed by atoms with van der Waals surface area (Å²) in [4.78, 5) is 11.4. The van der Waals surface area contributed by atoms with Crippen molar-refractivity contribution in [2.24, 2.45) is 10.2 Å². The van der Waals surface area contributed by atoms with E-state index in [1.54, 1.807) is 36.4 Å². The number of phenols is 1. The molecular formula is C14H12N2O2. The number of nitrogens with zero attached hydrogens (tertiary/aromatic N) is 2. The first-order valence-corrected chi connectivity index (χ1v) is 5.47. The molecule has 4 heteroatoms. The van der Waals surface area contributed by atoms with Crippen molar-refractivity contribution in [3.8, 4) is 5.75 Å². The van der Waals surface area contributed by atoms with E-state index in [2.05, 4.69) is 10.2 Å². The number of carbonyl (C=O) groups excluding carboxylic acids is 1. The molecule has 0 bridgehead atoms. The van der Waals surface area contributed by atoms with E-state index in [0.29, 0.717) is 16.9 Å². The molecule has 0 heterocycles. The van der Waals surface area contributed by atoms with Crippen molar-refractivity contribution < 1.29 is 9.90 Å². The molecule has 90 valence electrons. The van der Waals surface area contributed by atoms with Crippen LogP contribution in [0.4, 0.5) is 11.4 Å². The molecule has 0 unspecified atom stereocenters. The zero-order chi connectivity index (χ0) is 13.0. The second-order valence-electron chi connectivity index (χ2n) is 3.79. The van der Waals surface area contributed by atoms with Crippen LogP contribution >= 0.6 is 0 Å². The van der Waals surface area contributed by atoms with Crippen molar-refractivity contribution in [3.63, 3.8) is 0 Å². The lowest BCUT2D eigenvalue weighted by Crippen LogP contribution is -1.90. The van der Waals surface area contributed by atoms with Crippen LogP contribution in [0, 0.1) is 0 Å². The van der Waals surface area contributed by atoms with Gasteiger partial charge in [0.2, 0.25) is 0 Å². The third-order valence-corrected chi connectivity index (χ3v) is 2.41. The summed E-state index contributed by atoms with van der Waals surface area (Å²) in [5.74, 6) is 0.133. The highest BCUT2D eigenvalue weighted by Gasteiger charge is 2.04. The van der Waals surface area contributed by atoms with Gasteiger partial charge in [-0.1, -0.05) is 12.1 Å². The van der Waals surface area contributed by atoms with E-state index in [0.717, 1.165) is 0 Å². The van der Waals surface area contributed by atoms with Gasteiger partial charge in [0.25, 0.3) is 0 Å². The Morgan fingerprint density at radius 1 is 1.00 bits per heavy atom. The molecule has 0 fully saturated rings. The first kappa shape index (κ1) is 12.0. The molecule has 0 amide bonds. The number of aromatic hydroxyl groups is 1. The molecule has 1 N–H and O–H groups in total. The molecule has 0 aromatic heterocycles. The van der Waals surface area contributed by atoms with Gasteiger partial charge in [0, 0.05) is 5.56 Å². The molecule has 2 aromatic rings. The Kier molecular flexibility index (Phi) is 3.48. The number of phenolic OH excluding ortho intramolecular Hbond substituents is 1. The van der Waals surface area contributed by atoms with Gasteiger partial charge in [0.15, 0.2) is 5.78 Å². The Bertz CT molecular complexity index is 589. The number of ketones is 1. The fourth-order valence-electron chi connectivity index (χ4n) is 1.49. The average molecular weight is 240 g/mol. The molecule has 0 saturated carbocycles. The van der Waals surface area contributed by atoms with Gasteiger partial charge in [-0.05, 0) is 43.3 Å². The van der Waals surface area contributed by atoms with Gasteiger partial charge >= 0.3 is 0 Å². The monoisotopic (exact) mass is 240 g/mol. The average Bonchev–Trinajstić information content (AvgIpc) is 2.38. The normalized spacial score (nSPS) is 10.7. The zero-order valence-corrected chi connectivity index (χ0v) is 9.87. The summed E-state index contributed by atoms with van der Waals surface area (Å²) in [6.45, 7) is 1.49. The van der Waals surface area contributed by atoms with E-state index in [1.807, 2.05) is 0 Å². The van der Waals surface area contributed by atoms with Gasteiger partial charge in [0.1, 0.15) is 5.75 Å². The van der Waals surface area contributed by atoms with Crippen LogP contribution in [-0.4, -0.2) is 10.9 Å². The lowest BCUT2D eigenvalue weighted by atomic mass is 10.1. The van der Waals surface area contributed by atoms with Gasteiger partial charge in [-0.3, -0.25) is 4.79 Å². The number of rotatable bonds is 3. The van der Waals surface area contributed by atoms with E-state index in [9.17, 15) is 4.79 Å². The summed E-state index contributed by atoms with van der Waals surface area (Å²) in [7, 11) is 0. The van der Waals surface area contributed by atoms with Crippen LogP contribution in [0.2, 0.25) is 0 Å². The van der Waals surface area contributed by atoms with Gasteiger partial charge in [-0.15, -0.1) is 5.11 Å². The standard InChI is InChI=1S/C14H12N2O2/c1-10(17)13-4-2-3-5-14(13)16-15-11-6-8-12(18)9-7-11/h2-9,18H,1H3. The van der Waals surface area contributed by atoms with Crippen molar-refractivity contribution in [3.05, 3.63) is 54.1 Å². The summed E-state index contributed by atoms with van der Waals surface area (Å²) < 4.78 is 0. The SMILES string of the molecule is CC(=O)c1ccccc1N=Nc1ccc(O)cc1. The summed E-state index contributed by atoms with van der Waals surface area (Å²) in [6, 6.07) is 13.4. The third kappa shape index (κ3) is 2.79. The lowest BCUT2D eigenvalue weighted by molar-refractivity contribution is 0.101. The maximum Gasteiger partial charge on any atom is 0.162 e. The Morgan fingerprint density at radius 3 is 2.33 bits per heavy atom. The summed E-state index contributed by atoms with van der Waals surface area (Å²) in [5.41, 5.74) is 1.70. The third-order valence-electron chi connectivity index (χ3n) is 2.41. The molecular weight excluding hydrogens is 228 g/mol. The second-order valence-corrected chi connectivity index (χ2v) is 3.79. The van der Waals surface area contributed by atoms with Crippen LogP contribution in [0.1, 0.15) is 17.3 Å². The molecule has 4 nitrogen and oxygen atoms in total. The van der Waals surface area contributed by atoms with Gasteiger partial charge in [-0.2, -0.15) is 5.11 Å². The number of carbonyl (C=O) groups is 1. The van der Waals surface area contributed by atoms with Gasteiger partial charge in [-0.25, -0.2) is 0 Å². The zero-order valence-electron chi connectivity index (χ0n) is 9.87. The highest BCUT2D eigenvalue weighted by atomic mass is 16.3. The van der Waals surface area contributed by atoms with Crippen LogP contribution in [-0.2, 0) is 0 Å². The molecule has 0 aliphatic rings. The minimum Gasteiger partial charge on any atom is -0.508 e. The molecule has 0 saturated heterocycles. The van der Waals surface area contributed by atoms with Crippen LogP contribution in [0.5, 0.6) is 5.75 Å². The quantitative estimate of drug-likeness (QED) is 0.650. The first-order valence-electron chi connectivity index (χ1n) is 5.47. The van der Waals surface area contributed by atoms with E-state index in [4.69, 9.17) is 5.11 Å². The molecule has 0 spiro atoms. The van der Waals surface area contributed by atoms with E-state index in [-0.39, 0.29) is 11.5 Å². The predicted octanol–water partition coefficient (Wildman–Crippen LogP) is 4.01. The lowest BCUT2D eigenvalue weighted by Gasteiger charge is -1.99. The second kappa shape index (κ2) is 5.23. The van der Waals surface area contributed by atoms with Crippen molar-refractivity contribution in [2.45, 2.75) is 6.92 Å². The molecule has 0 atom stereocenters. The Balaban J connectivity index is 2.29. The highest BCUT2D eigenvalue weighted by Crippen LogP contribution is 2.23. The van der Waals surface area contributed by atoms with Gasteiger partial charge in [0.05, 0.1) is 11.4 Å². The number of Topliss-reactive ketones (excluding diaryl/α,β-unsaturated/α-hetero) is 1. The van der Waals surface area contributed by atoms with Crippen LogP contribution in [0.3, 0.4) is 0 Å². The van der Waals surface area contributed by atoms with E-state index < -0.39 is 0 Å². The summed E-state index contributed by atoms with van der Waals surface area (Å²) in [5, 5.41) is 17.2. The smallest absolute Gasteiger partial charge is 0.162 e. The fraction of sp³-hybridized carbons (Fsp3) is 0.0714. The van der Waals surface area contributed by atoms with Crippen LogP contribution in [0.15, 0.2) is 58.8 Å². The number of hydrogen-bond acceptors (Lipinski definition) is 4. The molecule has 18 heavy (non-hydrogen) atoms. The molecule has 2 aromatic carbocycles. The maximum absolute atomic E-state index is 11.4. The largest absolute Gasteiger partial charge is 0.508 e. The summed E-state index contributed by atoms with van der Waals surface area (Å²) >= 11 is 0. The Hall–Kier alpha value is -2.49. The Labute approximate surface area is 105 Å². The van der Waals surface area contributed by atoms with Crippen LogP contribution < -0.4 is 0 Å². The minimum absolute atomic E-state index is 0.0461. The van der Waals surface area contributed by atoms with Crippen LogP contribution in [0.25, 0.3) is 0 Å². The van der Waals surface area contributed by atoms with Crippen molar-refractivity contribution in [1.82, 2.24) is 0 Å². The first-order chi connectivity index (χ1) is 8.66. The van der Waals surface area contributed by atoms with Crippen molar-refractivity contribution in [2.75, 3.05) is 0 Å². The number of benzene rings is 2.